The highest BCUT2D eigenvalue weighted by molar-refractivity contribution is 7.08. The van der Waals surface area contributed by atoms with Gasteiger partial charge in [-0.15, -0.1) is 0 Å². The molecule has 4 N–H and O–H groups in total. The van der Waals surface area contributed by atoms with Crippen LogP contribution in [-0.2, 0) is 27.2 Å². The average molecular weight is 513 g/mol. The Kier molecular flexibility index (Phi) is 18.6. The molecule has 11 heteroatoms. The molecule has 1 saturated heterocycles. The molecule has 0 radical (unpaired) electrons. The van der Waals surface area contributed by atoms with Gasteiger partial charge in [0, 0.05) is 37.5 Å². The first-order chi connectivity index (χ1) is 15.9. The van der Waals surface area contributed by atoms with E-state index in [2.05, 4.69) is 10.0 Å². The minimum Gasteiger partial charge on any atom is -0.481 e. The Morgan fingerprint density at radius 1 is 1.03 bits per heavy atom. The van der Waals surface area contributed by atoms with Crippen LogP contribution in [0, 0.1) is 11.8 Å². The minimum absolute atomic E-state index is 0. The number of ether oxygens (including phenoxy) is 1. The lowest BCUT2D eigenvalue weighted by molar-refractivity contribution is -0.139. The van der Waals surface area contributed by atoms with Crippen molar-refractivity contribution in [3.63, 3.8) is 0 Å². The molecule has 190 valence electrons. The summed E-state index contributed by atoms with van der Waals surface area (Å²) >= 11 is 3.20. The summed E-state index contributed by atoms with van der Waals surface area (Å²) in [4.78, 5) is 23.7. The molecule has 0 spiro atoms. The third kappa shape index (κ3) is 16.2. The fourth-order valence-electron chi connectivity index (χ4n) is 3.08. The largest absolute Gasteiger partial charge is 0.481 e. The van der Waals surface area contributed by atoms with Gasteiger partial charge < -0.3 is 20.7 Å². The number of carbonyl (C=O) groups is 2. The quantitative estimate of drug-likeness (QED) is 0.206. The van der Waals surface area contributed by atoms with Crippen LogP contribution in [-0.4, -0.2) is 48.5 Å². The molecular formula is C23H36N4O5S2. The maximum atomic E-state index is 10.6. The van der Waals surface area contributed by atoms with E-state index in [1.54, 1.807) is 22.7 Å². The molecule has 0 aliphatic carbocycles. The molecule has 0 saturated carbocycles. The summed E-state index contributed by atoms with van der Waals surface area (Å²) in [5, 5.41) is 28.6. The molecule has 1 aliphatic heterocycles. The smallest absolute Gasteiger partial charge is 0.303 e. The number of nitrogens with two attached hydrogens (primary N) is 1. The molecule has 34 heavy (non-hydrogen) atoms. The highest BCUT2D eigenvalue weighted by atomic mass is 32.1. The van der Waals surface area contributed by atoms with Gasteiger partial charge in [-0.25, -0.2) is 0 Å². The second-order valence-electron chi connectivity index (χ2n) is 7.57. The molecular weight excluding hydrogens is 476 g/mol. The summed E-state index contributed by atoms with van der Waals surface area (Å²) in [5.41, 5.74) is 15.9. The molecule has 0 bridgehead atoms. The standard InChI is InChI=1S/C9H11N3O2S.C9H13NO2S.C4H8O.CH4/c10-12-11-5-8(4-9(13)14)3-7-1-2-15-6-7;10-5-8(4-9(11)12)3-7-1-2-13-6-7;1-2-4-5-3-1;/h1-2,6,8H,3-5H2,(H,13,14);1-2,6,8H,3-5,10H2,(H,11,12);1-4H2;1H4. The van der Waals surface area contributed by atoms with Gasteiger partial charge in [-0.1, -0.05) is 12.5 Å². The third-order valence-corrected chi connectivity index (χ3v) is 6.16. The molecule has 1 aliphatic rings. The zero-order valence-corrected chi connectivity index (χ0v) is 20.2. The van der Waals surface area contributed by atoms with E-state index in [0.29, 0.717) is 13.0 Å². The van der Waals surface area contributed by atoms with Gasteiger partial charge in [-0.3, -0.25) is 9.59 Å². The van der Waals surface area contributed by atoms with E-state index in [1.165, 1.54) is 18.4 Å². The van der Waals surface area contributed by atoms with E-state index in [9.17, 15) is 9.59 Å². The predicted molar refractivity (Wildman–Crippen MR) is 137 cm³/mol. The molecule has 0 amide bonds. The van der Waals surface area contributed by atoms with Gasteiger partial charge in [0.15, 0.2) is 0 Å². The van der Waals surface area contributed by atoms with Gasteiger partial charge in [0.1, 0.15) is 0 Å². The van der Waals surface area contributed by atoms with Gasteiger partial charge in [-0.2, -0.15) is 22.7 Å². The topological polar surface area (TPSA) is 159 Å². The number of rotatable bonds is 11. The second kappa shape index (κ2) is 20.0. The van der Waals surface area contributed by atoms with E-state index in [1.807, 2.05) is 33.7 Å². The normalized spacial score (nSPS) is 13.6. The summed E-state index contributed by atoms with van der Waals surface area (Å²) in [7, 11) is 0. The van der Waals surface area contributed by atoms with E-state index < -0.39 is 11.9 Å². The first kappa shape index (κ1) is 31.6. The van der Waals surface area contributed by atoms with Crippen LogP contribution in [0.4, 0.5) is 0 Å². The number of aliphatic carboxylic acids is 2. The molecule has 9 nitrogen and oxygen atoms in total. The average Bonchev–Trinajstić information content (AvgIpc) is 3.56. The van der Waals surface area contributed by atoms with E-state index in [0.717, 1.165) is 25.2 Å². The van der Waals surface area contributed by atoms with Crippen molar-refractivity contribution in [2.75, 3.05) is 26.3 Å². The van der Waals surface area contributed by atoms with Crippen molar-refractivity contribution in [3.8, 4) is 0 Å². The van der Waals surface area contributed by atoms with Crippen molar-refractivity contribution in [1.82, 2.24) is 0 Å². The molecule has 2 aromatic heterocycles. The Balaban J connectivity index is 0.000000522. The van der Waals surface area contributed by atoms with Crippen LogP contribution < -0.4 is 5.73 Å². The lowest BCUT2D eigenvalue weighted by Gasteiger charge is -2.10. The fraction of sp³-hybridized carbons (Fsp3) is 0.565. The zero-order valence-electron chi connectivity index (χ0n) is 18.5. The van der Waals surface area contributed by atoms with Crippen LogP contribution in [0.5, 0.6) is 0 Å². The van der Waals surface area contributed by atoms with Gasteiger partial charge in [0.25, 0.3) is 0 Å². The van der Waals surface area contributed by atoms with Crippen LogP contribution in [0.1, 0.15) is 44.2 Å². The van der Waals surface area contributed by atoms with Gasteiger partial charge >= 0.3 is 11.9 Å². The third-order valence-electron chi connectivity index (χ3n) is 4.70. The molecule has 2 unspecified atom stereocenters. The number of hydrogen-bond acceptors (Lipinski definition) is 7. The van der Waals surface area contributed by atoms with E-state index in [-0.39, 0.29) is 38.6 Å². The number of azide groups is 1. The van der Waals surface area contributed by atoms with Crippen LogP contribution >= 0.6 is 22.7 Å². The number of nitrogens with zero attached hydrogens (tertiary/aromatic N) is 3. The lowest BCUT2D eigenvalue weighted by Crippen LogP contribution is -2.20. The number of hydrogen-bond donors (Lipinski definition) is 3. The van der Waals surface area contributed by atoms with Crippen molar-refractivity contribution in [2.24, 2.45) is 22.7 Å². The summed E-state index contributed by atoms with van der Waals surface area (Å²) in [6.45, 7) is 2.67. The van der Waals surface area contributed by atoms with Gasteiger partial charge in [0.2, 0.25) is 0 Å². The van der Waals surface area contributed by atoms with Crippen molar-refractivity contribution in [2.45, 2.75) is 46.0 Å². The summed E-state index contributed by atoms with van der Waals surface area (Å²) in [6, 6.07) is 3.96. The van der Waals surface area contributed by atoms with Crippen LogP contribution in [0.3, 0.4) is 0 Å². The first-order valence-electron chi connectivity index (χ1n) is 10.7. The fourth-order valence-corrected chi connectivity index (χ4v) is 4.44. The maximum absolute atomic E-state index is 10.6. The van der Waals surface area contributed by atoms with Crippen LogP contribution in [0.2, 0.25) is 0 Å². The maximum Gasteiger partial charge on any atom is 0.303 e. The van der Waals surface area contributed by atoms with Crippen molar-refractivity contribution in [1.29, 1.82) is 0 Å². The SMILES string of the molecule is C.C1CCOC1.NCC(CC(=O)O)Cc1ccsc1.[N-]=[N+]=NCC(CC(=O)O)Cc1ccsc1. The van der Waals surface area contributed by atoms with Crippen LogP contribution in [0.15, 0.2) is 38.8 Å². The Bertz CT molecular complexity index is 809. The van der Waals surface area contributed by atoms with Crippen molar-refractivity contribution >= 4 is 34.6 Å². The highest BCUT2D eigenvalue weighted by Gasteiger charge is 2.13. The Hall–Kier alpha value is -2.43. The summed E-state index contributed by atoms with van der Waals surface area (Å²) in [6.07, 6.45) is 4.17. The predicted octanol–water partition coefficient (Wildman–Crippen LogP) is 5.46. The van der Waals surface area contributed by atoms with Gasteiger partial charge in [-0.05, 0) is 94.4 Å². The van der Waals surface area contributed by atoms with Gasteiger partial charge in [0.05, 0.1) is 0 Å². The number of thiophene rings is 2. The molecule has 3 rings (SSSR count). The Morgan fingerprint density at radius 2 is 1.53 bits per heavy atom. The highest BCUT2D eigenvalue weighted by Crippen LogP contribution is 2.16. The summed E-state index contributed by atoms with van der Waals surface area (Å²) in [5.74, 6) is -1.69. The minimum atomic E-state index is -0.858. The zero-order chi connectivity index (χ0) is 24.3. The van der Waals surface area contributed by atoms with E-state index in [4.69, 9.17) is 26.2 Å². The second-order valence-corrected chi connectivity index (χ2v) is 9.13. The number of carboxylic acids is 2. The molecule has 2 atom stereocenters. The van der Waals surface area contributed by atoms with Crippen LogP contribution in [0.25, 0.3) is 10.4 Å². The monoisotopic (exact) mass is 512 g/mol. The van der Waals surface area contributed by atoms with Crippen molar-refractivity contribution < 1.29 is 24.5 Å². The Labute approximate surface area is 209 Å². The molecule has 1 fully saturated rings. The molecule has 0 aromatic carbocycles. The molecule has 3 heterocycles. The van der Waals surface area contributed by atoms with Crippen molar-refractivity contribution in [3.05, 3.63) is 55.2 Å². The molecule has 2 aromatic rings. The summed E-state index contributed by atoms with van der Waals surface area (Å²) < 4.78 is 4.94. The lowest BCUT2D eigenvalue weighted by atomic mass is 9.98. The van der Waals surface area contributed by atoms with E-state index >= 15 is 0 Å². The Morgan fingerprint density at radius 3 is 1.88 bits per heavy atom. The number of carboxylic acid groups (broad SMARTS) is 2. The first-order valence-corrected chi connectivity index (χ1v) is 12.6.